The summed E-state index contributed by atoms with van der Waals surface area (Å²) < 4.78 is 0. The highest BCUT2D eigenvalue weighted by Gasteiger charge is 2.19. The molecule has 140 valence electrons. The Morgan fingerprint density at radius 2 is 1.68 bits per heavy atom. The normalized spacial score (nSPS) is 10.8. The first kappa shape index (κ1) is 19.1. The summed E-state index contributed by atoms with van der Waals surface area (Å²) in [6, 6.07) is 18.4. The van der Waals surface area contributed by atoms with Crippen molar-refractivity contribution in [3.8, 4) is 6.07 Å². The zero-order chi connectivity index (χ0) is 20.1. The van der Waals surface area contributed by atoms with Crippen molar-refractivity contribution in [3.63, 3.8) is 0 Å². The van der Waals surface area contributed by atoms with Gasteiger partial charge >= 0.3 is 0 Å². The summed E-state index contributed by atoms with van der Waals surface area (Å²) >= 11 is 0. The molecule has 2 aromatic carbocycles. The van der Waals surface area contributed by atoms with Gasteiger partial charge in [0.2, 0.25) is 5.95 Å². The molecular weight excluding hydrogens is 350 g/mol. The largest absolute Gasteiger partial charge is 0.323 e. The Kier molecular flexibility index (Phi) is 5.37. The molecule has 0 aliphatic carbocycles. The third-order valence-corrected chi connectivity index (χ3v) is 4.17. The standard InChI is InChI=1S/C22H21N5O/c1-22(2,3)16-9-5-7-11-18(16)25-20(28)19-12-13-24-21(27-19)26-17-10-6-4-8-15(17)14-23/h4-13H,1-3H3,(H,25,28)(H,24,26,27). The fourth-order valence-electron chi connectivity index (χ4n) is 2.79. The van der Waals surface area contributed by atoms with Crippen LogP contribution in [-0.4, -0.2) is 15.9 Å². The highest BCUT2D eigenvalue weighted by Crippen LogP contribution is 2.29. The molecule has 0 atom stereocenters. The molecule has 0 saturated carbocycles. The third-order valence-electron chi connectivity index (χ3n) is 4.17. The van der Waals surface area contributed by atoms with Crippen molar-refractivity contribution in [2.75, 3.05) is 10.6 Å². The van der Waals surface area contributed by atoms with E-state index in [-0.39, 0.29) is 23.0 Å². The number of rotatable bonds is 4. The van der Waals surface area contributed by atoms with Gasteiger partial charge in [-0.2, -0.15) is 5.26 Å². The van der Waals surface area contributed by atoms with Crippen LogP contribution in [0.4, 0.5) is 17.3 Å². The summed E-state index contributed by atoms with van der Waals surface area (Å²) in [7, 11) is 0. The van der Waals surface area contributed by atoms with Crippen LogP contribution in [0.15, 0.2) is 60.8 Å². The number of nitrogens with zero attached hydrogens (tertiary/aromatic N) is 3. The number of nitrogens with one attached hydrogen (secondary N) is 2. The van der Waals surface area contributed by atoms with E-state index in [1.807, 2.05) is 30.3 Å². The summed E-state index contributed by atoms with van der Waals surface area (Å²) in [6.45, 7) is 6.28. The molecule has 0 fully saturated rings. The zero-order valence-corrected chi connectivity index (χ0v) is 16.0. The fraction of sp³-hybridized carbons (Fsp3) is 0.182. The van der Waals surface area contributed by atoms with Crippen molar-refractivity contribution in [1.82, 2.24) is 9.97 Å². The van der Waals surface area contributed by atoms with Crippen LogP contribution < -0.4 is 10.6 Å². The van der Waals surface area contributed by atoms with Gasteiger partial charge in [-0.1, -0.05) is 51.1 Å². The molecule has 1 heterocycles. The van der Waals surface area contributed by atoms with Gasteiger partial charge < -0.3 is 10.6 Å². The monoisotopic (exact) mass is 371 g/mol. The van der Waals surface area contributed by atoms with Crippen molar-refractivity contribution in [1.29, 1.82) is 5.26 Å². The van der Waals surface area contributed by atoms with E-state index in [9.17, 15) is 10.1 Å². The van der Waals surface area contributed by atoms with E-state index in [0.29, 0.717) is 11.3 Å². The number of benzene rings is 2. The maximum absolute atomic E-state index is 12.7. The zero-order valence-electron chi connectivity index (χ0n) is 16.0. The van der Waals surface area contributed by atoms with Crippen molar-refractivity contribution >= 4 is 23.2 Å². The van der Waals surface area contributed by atoms with Gasteiger partial charge in [0.15, 0.2) is 0 Å². The predicted molar refractivity (Wildman–Crippen MR) is 110 cm³/mol. The minimum Gasteiger partial charge on any atom is -0.323 e. The Morgan fingerprint density at radius 1 is 1.00 bits per heavy atom. The maximum Gasteiger partial charge on any atom is 0.274 e. The highest BCUT2D eigenvalue weighted by molar-refractivity contribution is 6.03. The predicted octanol–water partition coefficient (Wildman–Crippen LogP) is 4.64. The number of carbonyl (C=O) groups is 1. The van der Waals surface area contributed by atoms with Gasteiger partial charge in [-0.25, -0.2) is 9.97 Å². The summed E-state index contributed by atoms with van der Waals surface area (Å²) in [4.78, 5) is 21.2. The molecule has 0 saturated heterocycles. The number of amides is 1. The lowest BCUT2D eigenvalue weighted by Gasteiger charge is -2.22. The maximum atomic E-state index is 12.7. The van der Waals surface area contributed by atoms with Gasteiger partial charge in [-0.15, -0.1) is 0 Å². The van der Waals surface area contributed by atoms with Crippen LogP contribution in [0.2, 0.25) is 0 Å². The molecule has 2 N–H and O–H groups in total. The minimum atomic E-state index is -0.323. The second-order valence-electron chi connectivity index (χ2n) is 7.30. The highest BCUT2D eigenvalue weighted by atomic mass is 16.1. The average Bonchev–Trinajstić information content (AvgIpc) is 2.68. The van der Waals surface area contributed by atoms with Gasteiger partial charge in [0.1, 0.15) is 11.8 Å². The molecule has 6 heteroatoms. The SMILES string of the molecule is CC(C)(C)c1ccccc1NC(=O)c1ccnc(Nc2ccccc2C#N)n1. The number of carbonyl (C=O) groups excluding carboxylic acids is 1. The number of para-hydroxylation sites is 2. The molecule has 0 aliphatic heterocycles. The molecule has 1 aromatic heterocycles. The second-order valence-corrected chi connectivity index (χ2v) is 7.30. The second kappa shape index (κ2) is 7.89. The van der Waals surface area contributed by atoms with Crippen molar-refractivity contribution in [2.24, 2.45) is 0 Å². The molecule has 0 aliphatic rings. The Labute approximate surface area is 164 Å². The van der Waals surface area contributed by atoms with E-state index in [4.69, 9.17) is 0 Å². The number of hydrogen-bond donors (Lipinski definition) is 2. The summed E-state index contributed by atoms with van der Waals surface area (Å²) in [5, 5.41) is 15.1. The Bertz CT molecular complexity index is 1050. The lowest BCUT2D eigenvalue weighted by Crippen LogP contribution is -2.19. The van der Waals surface area contributed by atoms with E-state index in [2.05, 4.69) is 47.4 Å². The first-order chi connectivity index (χ1) is 13.4. The topological polar surface area (TPSA) is 90.7 Å². The molecule has 3 aromatic rings. The van der Waals surface area contributed by atoms with E-state index in [1.165, 1.54) is 6.20 Å². The summed E-state index contributed by atoms with van der Waals surface area (Å²) in [6.07, 6.45) is 1.51. The van der Waals surface area contributed by atoms with Crippen LogP contribution in [0.25, 0.3) is 0 Å². The first-order valence-electron chi connectivity index (χ1n) is 8.88. The molecule has 0 bridgehead atoms. The molecule has 0 unspecified atom stereocenters. The lowest BCUT2D eigenvalue weighted by atomic mass is 9.86. The molecule has 28 heavy (non-hydrogen) atoms. The lowest BCUT2D eigenvalue weighted by molar-refractivity contribution is 0.102. The van der Waals surface area contributed by atoms with Crippen LogP contribution in [0.5, 0.6) is 0 Å². The van der Waals surface area contributed by atoms with Crippen LogP contribution in [-0.2, 0) is 5.41 Å². The molecule has 0 spiro atoms. The first-order valence-corrected chi connectivity index (χ1v) is 8.88. The van der Waals surface area contributed by atoms with Crippen molar-refractivity contribution in [3.05, 3.63) is 77.6 Å². The van der Waals surface area contributed by atoms with Crippen molar-refractivity contribution in [2.45, 2.75) is 26.2 Å². The molecule has 3 rings (SSSR count). The summed E-state index contributed by atoms with van der Waals surface area (Å²) in [5.41, 5.74) is 2.97. The Balaban J connectivity index is 1.83. The van der Waals surface area contributed by atoms with Gasteiger partial charge in [-0.05, 0) is 35.2 Å². The van der Waals surface area contributed by atoms with Gasteiger partial charge in [0.25, 0.3) is 5.91 Å². The molecule has 0 radical (unpaired) electrons. The smallest absolute Gasteiger partial charge is 0.274 e. The van der Waals surface area contributed by atoms with Crippen LogP contribution in [0, 0.1) is 11.3 Å². The number of aromatic nitrogens is 2. The van der Waals surface area contributed by atoms with Crippen molar-refractivity contribution < 1.29 is 4.79 Å². The van der Waals surface area contributed by atoms with Crippen LogP contribution in [0.3, 0.4) is 0 Å². The van der Waals surface area contributed by atoms with Gasteiger partial charge in [0, 0.05) is 11.9 Å². The Morgan fingerprint density at radius 3 is 2.39 bits per heavy atom. The fourth-order valence-corrected chi connectivity index (χ4v) is 2.79. The summed E-state index contributed by atoms with van der Waals surface area (Å²) in [5.74, 6) is -0.0739. The molecular formula is C22H21N5O. The van der Waals surface area contributed by atoms with Crippen LogP contribution in [0.1, 0.15) is 42.4 Å². The van der Waals surface area contributed by atoms with Gasteiger partial charge in [0.05, 0.1) is 11.3 Å². The third kappa shape index (κ3) is 4.33. The average molecular weight is 371 g/mol. The minimum absolute atomic E-state index is 0.108. The van der Waals surface area contributed by atoms with E-state index < -0.39 is 0 Å². The Hall–Kier alpha value is -3.72. The number of anilines is 3. The molecule has 6 nitrogen and oxygen atoms in total. The van der Waals surface area contributed by atoms with Gasteiger partial charge in [-0.3, -0.25) is 4.79 Å². The molecule has 1 amide bonds. The number of nitriles is 1. The van der Waals surface area contributed by atoms with Crippen LogP contribution >= 0.6 is 0 Å². The van der Waals surface area contributed by atoms with E-state index in [1.54, 1.807) is 24.3 Å². The van der Waals surface area contributed by atoms with E-state index in [0.717, 1.165) is 11.3 Å². The quantitative estimate of drug-likeness (QED) is 0.697. The van der Waals surface area contributed by atoms with E-state index >= 15 is 0 Å². The number of hydrogen-bond acceptors (Lipinski definition) is 5.